The van der Waals surface area contributed by atoms with E-state index in [0.717, 1.165) is 17.1 Å². The van der Waals surface area contributed by atoms with Gasteiger partial charge in [-0.3, -0.25) is 0 Å². The van der Waals surface area contributed by atoms with Crippen molar-refractivity contribution in [3.05, 3.63) is 35.4 Å². The number of anilines is 1. The predicted molar refractivity (Wildman–Crippen MR) is 83.6 cm³/mol. The molecule has 0 aliphatic rings. The molecular weight excluding hydrogens is 306 g/mol. The smallest absolute Gasteiger partial charge is 0.226 e. The fourth-order valence-electron chi connectivity index (χ4n) is 2.13. The zero-order valence-corrected chi connectivity index (χ0v) is 12.8. The summed E-state index contributed by atoms with van der Waals surface area (Å²) in [6.45, 7) is 0.488. The number of nitrogens with zero attached hydrogens (tertiary/aromatic N) is 3. The van der Waals surface area contributed by atoms with E-state index in [1.54, 1.807) is 20.5 Å². The number of aromatic nitrogens is 4. The van der Waals surface area contributed by atoms with Crippen molar-refractivity contribution in [3.63, 3.8) is 0 Å². The van der Waals surface area contributed by atoms with Crippen LogP contribution in [0.1, 0.15) is 5.56 Å². The van der Waals surface area contributed by atoms with Crippen LogP contribution in [0.2, 0.25) is 5.28 Å². The number of aromatic amines is 1. The Labute approximate surface area is 131 Å². The maximum absolute atomic E-state index is 5.91. The molecule has 0 saturated carbocycles. The van der Waals surface area contributed by atoms with Crippen LogP contribution < -0.4 is 14.8 Å². The van der Waals surface area contributed by atoms with Crippen LogP contribution in [0.25, 0.3) is 11.2 Å². The van der Waals surface area contributed by atoms with Gasteiger partial charge in [-0.05, 0) is 29.8 Å². The lowest BCUT2D eigenvalue weighted by Gasteiger charge is -2.12. The number of halogens is 1. The average Bonchev–Trinajstić information content (AvgIpc) is 3.00. The van der Waals surface area contributed by atoms with Gasteiger partial charge in [0.05, 0.1) is 20.5 Å². The quantitative estimate of drug-likeness (QED) is 0.703. The Bertz CT molecular complexity index is 805. The molecule has 0 spiro atoms. The number of H-pyrrole nitrogens is 1. The van der Waals surface area contributed by atoms with E-state index in [2.05, 4.69) is 25.3 Å². The zero-order valence-electron chi connectivity index (χ0n) is 12.1. The summed E-state index contributed by atoms with van der Waals surface area (Å²) >= 11 is 5.91. The van der Waals surface area contributed by atoms with Crippen molar-refractivity contribution in [2.24, 2.45) is 0 Å². The number of hydrogen-bond donors (Lipinski definition) is 2. The van der Waals surface area contributed by atoms with Crippen LogP contribution >= 0.6 is 11.6 Å². The first-order valence-electron chi connectivity index (χ1n) is 6.52. The van der Waals surface area contributed by atoms with Crippen LogP contribution in [0.3, 0.4) is 0 Å². The molecule has 114 valence electrons. The topological polar surface area (TPSA) is 84.9 Å². The monoisotopic (exact) mass is 319 g/mol. The van der Waals surface area contributed by atoms with Gasteiger partial charge in [-0.15, -0.1) is 0 Å². The summed E-state index contributed by atoms with van der Waals surface area (Å²) in [6.07, 6.45) is 1.55. The second-order valence-electron chi connectivity index (χ2n) is 4.47. The average molecular weight is 320 g/mol. The number of nitrogens with one attached hydrogen (secondary N) is 2. The highest BCUT2D eigenvalue weighted by Crippen LogP contribution is 2.26. The molecule has 2 heterocycles. The van der Waals surface area contributed by atoms with E-state index in [-0.39, 0.29) is 5.28 Å². The van der Waals surface area contributed by atoms with Gasteiger partial charge in [0.15, 0.2) is 11.5 Å². The van der Waals surface area contributed by atoms with E-state index < -0.39 is 0 Å². The Kier molecular flexibility index (Phi) is 3.97. The normalized spacial score (nSPS) is 10.7. The molecule has 3 aromatic rings. The third-order valence-corrected chi connectivity index (χ3v) is 3.36. The molecule has 8 heteroatoms. The summed E-state index contributed by atoms with van der Waals surface area (Å²) in [5.41, 5.74) is 2.15. The standard InChI is InChI=1S/C14H14ClN5O2/c1-21-9-3-4-10(22-2)8(5-9)6-16-12-11-13(18-7-17-11)20-14(15)19-12/h3-5,7H,6H2,1-2H3,(H2,16,17,18,19,20). The Morgan fingerprint density at radius 2 is 2.09 bits per heavy atom. The second kappa shape index (κ2) is 6.07. The van der Waals surface area contributed by atoms with E-state index in [1.807, 2.05) is 18.2 Å². The molecule has 7 nitrogen and oxygen atoms in total. The zero-order chi connectivity index (χ0) is 15.5. The Morgan fingerprint density at radius 3 is 2.86 bits per heavy atom. The van der Waals surface area contributed by atoms with E-state index >= 15 is 0 Å². The maximum Gasteiger partial charge on any atom is 0.226 e. The molecular formula is C14H14ClN5O2. The lowest BCUT2D eigenvalue weighted by molar-refractivity contribution is 0.399. The van der Waals surface area contributed by atoms with Gasteiger partial charge in [0.2, 0.25) is 5.28 Å². The number of imidazole rings is 1. The molecule has 0 amide bonds. The number of methoxy groups -OCH3 is 2. The Morgan fingerprint density at radius 1 is 1.23 bits per heavy atom. The molecule has 0 atom stereocenters. The van der Waals surface area contributed by atoms with Crippen molar-refractivity contribution in [3.8, 4) is 11.5 Å². The highest BCUT2D eigenvalue weighted by Gasteiger charge is 2.10. The fraction of sp³-hybridized carbons (Fsp3) is 0.214. The van der Waals surface area contributed by atoms with Crippen LogP contribution in [0.5, 0.6) is 11.5 Å². The summed E-state index contributed by atoms with van der Waals surface area (Å²) in [7, 11) is 3.25. The summed E-state index contributed by atoms with van der Waals surface area (Å²) in [6, 6.07) is 5.60. The van der Waals surface area contributed by atoms with Gasteiger partial charge < -0.3 is 19.8 Å². The van der Waals surface area contributed by atoms with Crippen LogP contribution in [0.15, 0.2) is 24.5 Å². The second-order valence-corrected chi connectivity index (χ2v) is 4.81. The molecule has 0 saturated heterocycles. The van der Waals surface area contributed by atoms with Gasteiger partial charge in [-0.1, -0.05) is 0 Å². The molecule has 2 aromatic heterocycles. The Hall–Kier alpha value is -2.54. The van der Waals surface area contributed by atoms with Crippen LogP contribution in [0, 0.1) is 0 Å². The molecule has 3 rings (SSSR count). The highest BCUT2D eigenvalue weighted by atomic mass is 35.5. The minimum Gasteiger partial charge on any atom is -0.497 e. The Balaban J connectivity index is 1.89. The van der Waals surface area contributed by atoms with Gasteiger partial charge >= 0.3 is 0 Å². The van der Waals surface area contributed by atoms with Crippen molar-refractivity contribution in [2.45, 2.75) is 6.54 Å². The SMILES string of the molecule is COc1ccc(OC)c(CNc2nc(Cl)nc3nc[nH]c23)c1. The van der Waals surface area contributed by atoms with E-state index in [4.69, 9.17) is 21.1 Å². The first-order chi connectivity index (χ1) is 10.7. The summed E-state index contributed by atoms with van der Waals surface area (Å²) in [5, 5.41) is 3.35. The number of rotatable bonds is 5. The van der Waals surface area contributed by atoms with Gasteiger partial charge in [-0.25, -0.2) is 4.98 Å². The van der Waals surface area contributed by atoms with E-state index in [9.17, 15) is 0 Å². The van der Waals surface area contributed by atoms with Crippen LogP contribution in [-0.4, -0.2) is 34.2 Å². The minimum absolute atomic E-state index is 0.139. The molecule has 0 bridgehead atoms. The summed E-state index contributed by atoms with van der Waals surface area (Å²) < 4.78 is 10.6. The number of fused-ring (bicyclic) bond motifs is 1. The van der Waals surface area contributed by atoms with Crippen LogP contribution in [0.4, 0.5) is 5.82 Å². The van der Waals surface area contributed by atoms with E-state index in [0.29, 0.717) is 23.5 Å². The number of ether oxygens (including phenoxy) is 2. The maximum atomic E-state index is 5.91. The van der Waals surface area contributed by atoms with Gasteiger partial charge in [0.25, 0.3) is 0 Å². The number of hydrogen-bond acceptors (Lipinski definition) is 6. The molecule has 0 unspecified atom stereocenters. The van der Waals surface area contributed by atoms with Crippen LogP contribution in [-0.2, 0) is 6.54 Å². The summed E-state index contributed by atoms with van der Waals surface area (Å²) in [4.78, 5) is 15.3. The molecule has 2 N–H and O–H groups in total. The molecule has 22 heavy (non-hydrogen) atoms. The molecule has 1 aromatic carbocycles. The van der Waals surface area contributed by atoms with Crippen molar-refractivity contribution in [1.82, 2.24) is 19.9 Å². The van der Waals surface area contributed by atoms with Gasteiger partial charge in [0, 0.05) is 12.1 Å². The van der Waals surface area contributed by atoms with Crippen molar-refractivity contribution < 1.29 is 9.47 Å². The third-order valence-electron chi connectivity index (χ3n) is 3.19. The lowest BCUT2D eigenvalue weighted by Crippen LogP contribution is -2.05. The van der Waals surface area contributed by atoms with Crippen molar-refractivity contribution in [1.29, 1.82) is 0 Å². The van der Waals surface area contributed by atoms with E-state index in [1.165, 1.54) is 0 Å². The van der Waals surface area contributed by atoms with Gasteiger partial charge in [-0.2, -0.15) is 9.97 Å². The molecule has 0 aliphatic heterocycles. The summed E-state index contributed by atoms with van der Waals surface area (Å²) in [5.74, 6) is 2.09. The third kappa shape index (κ3) is 2.75. The number of benzene rings is 1. The predicted octanol–water partition coefficient (Wildman–Crippen LogP) is 2.64. The molecule has 0 radical (unpaired) electrons. The molecule has 0 fully saturated rings. The van der Waals surface area contributed by atoms with Crippen molar-refractivity contribution >= 4 is 28.6 Å². The van der Waals surface area contributed by atoms with Crippen molar-refractivity contribution in [2.75, 3.05) is 19.5 Å². The lowest BCUT2D eigenvalue weighted by atomic mass is 10.2. The fourth-order valence-corrected chi connectivity index (χ4v) is 2.30. The first-order valence-corrected chi connectivity index (χ1v) is 6.90. The molecule has 0 aliphatic carbocycles. The first kappa shape index (κ1) is 14.4. The van der Waals surface area contributed by atoms with Gasteiger partial charge in [0.1, 0.15) is 17.0 Å². The largest absolute Gasteiger partial charge is 0.497 e. The highest BCUT2D eigenvalue weighted by molar-refractivity contribution is 6.28. The minimum atomic E-state index is 0.139.